The predicted octanol–water partition coefficient (Wildman–Crippen LogP) is 1.01. The highest BCUT2D eigenvalue weighted by Gasteiger charge is 1.76. The Bertz CT molecular complexity index is 86.3. The summed E-state index contributed by atoms with van der Waals surface area (Å²) < 4.78 is 0. The number of rotatable bonds is 3. The molecular formula is C7H13N. The van der Waals surface area contributed by atoms with E-state index in [1.807, 2.05) is 14.0 Å². The van der Waals surface area contributed by atoms with Crippen LogP contribution in [0.1, 0.15) is 19.8 Å². The van der Waals surface area contributed by atoms with E-state index in [0.29, 0.717) is 0 Å². The van der Waals surface area contributed by atoms with E-state index >= 15 is 0 Å². The number of nitrogens with one attached hydrogen (secondary N) is 1. The van der Waals surface area contributed by atoms with Gasteiger partial charge in [0, 0.05) is 6.42 Å². The highest BCUT2D eigenvalue weighted by Crippen LogP contribution is 1.81. The molecule has 0 rings (SSSR count). The summed E-state index contributed by atoms with van der Waals surface area (Å²) in [6, 6.07) is 0. The van der Waals surface area contributed by atoms with E-state index < -0.39 is 0 Å². The molecule has 1 N–H and O–H groups in total. The van der Waals surface area contributed by atoms with Gasteiger partial charge in [0.05, 0.1) is 0 Å². The Morgan fingerprint density at radius 3 is 2.75 bits per heavy atom. The van der Waals surface area contributed by atoms with E-state index in [0.717, 1.165) is 19.4 Å². The van der Waals surface area contributed by atoms with Crippen LogP contribution >= 0.6 is 0 Å². The van der Waals surface area contributed by atoms with Gasteiger partial charge in [0.15, 0.2) is 0 Å². The summed E-state index contributed by atoms with van der Waals surface area (Å²) >= 11 is 0. The summed E-state index contributed by atoms with van der Waals surface area (Å²) in [4.78, 5) is 0. The summed E-state index contributed by atoms with van der Waals surface area (Å²) in [5.74, 6) is 5.84. The molecule has 0 unspecified atom stereocenters. The molecule has 0 fully saturated rings. The van der Waals surface area contributed by atoms with Crippen molar-refractivity contribution in [3.05, 3.63) is 0 Å². The highest BCUT2D eigenvalue weighted by atomic mass is 14.8. The molecule has 46 valence electrons. The molecule has 0 aliphatic carbocycles. The van der Waals surface area contributed by atoms with Crippen molar-refractivity contribution in [2.24, 2.45) is 0 Å². The van der Waals surface area contributed by atoms with Gasteiger partial charge in [-0.2, -0.15) is 0 Å². The lowest BCUT2D eigenvalue weighted by Gasteiger charge is -1.90. The maximum Gasteiger partial charge on any atom is 0.0101 e. The van der Waals surface area contributed by atoms with Gasteiger partial charge in [-0.15, -0.1) is 11.8 Å². The smallest absolute Gasteiger partial charge is 0.0101 e. The van der Waals surface area contributed by atoms with Crippen LogP contribution in [0.25, 0.3) is 0 Å². The van der Waals surface area contributed by atoms with Gasteiger partial charge in [0.2, 0.25) is 0 Å². The molecule has 0 amide bonds. The van der Waals surface area contributed by atoms with Gasteiger partial charge in [0.1, 0.15) is 0 Å². The Morgan fingerprint density at radius 1 is 1.50 bits per heavy atom. The summed E-state index contributed by atoms with van der Waals surface area (Å²) in [5.41, 5.74) is 0. The van der Waals surface area contributed by atoms with E-state index in [4.69, 9.17) is 0 Å². The fourth-order valence-corrected chi connectivity index (χ4v) is 0.479. The molecule has 0 spiro atoms. The molecule has 0 aromatic rings. The Labute approximate surface area is 51.5 Å². The Morgan fingerprint density at radius 2 is 2.25 bits per heavy atom. The molecule has 0 saturated carbocycles. The zero-order valence-corrected chi connectivity index (χ0v) is 5.62. The lowest BCUT2D eigenvalue weighted by molar-refractivity contribution is 0.742. The average molecular weight is 111 g/mol. The normalized spacial score (nSPS) is 7.75. The van der Waals surface area contributed by atoms with Crippen LogP contribution in [0.4, 0.5) is 0 Å². The van der Waals surface area contributed by atoms with Gasteiger partial charge in [-0.05, 0) is 26.9 Å². The molecule has 0 aliphatic heterocycles. The second kappa shape index (κ2) is 6.52. The molecule has 0 bridgehead atoms. The van der Waals surface area contributed by atoms with E-state index in [1.165, 1.54) is 0 Å². The minimum atomic E-state index is 1.03. The fourth-order valence-electron chi connectivity index (χ4n) is 0.479. The summed E-state index contributed by atoms with van der Waals surface area (Å²) in [6.07, 6.45) is 2.19. The highest BCUT2D eigenvalue weighted by molar-refractivity contribution is 4.94. The van der Waals surface area contributed by atoms with Crippen molar-refractivity contribution < 1.29 is 0 Å². The number of hydrogen-bond donors (Lipinski definition) is 1. The van der Waals surface area contributed by atoms with Crippen LogP contribution in [0.2, 0.25) is 0 Å². The first-order valence-corrected chi connectivity index (χ1v) is 2.96. The average Bonchev–Trinajstić information content (AvgIpc) is 1.81. The van der Waals surface area contributed by atoms with Crippen LogP contribution in [-0.4, -0.2) is 13.6 Å². The Hall–Kier alpha value is -0.480. The molecule has 1 nitrogen and oxygen atoms in total. The Kier molecular flexibility index (Phi) is 6.13. The first-order valence-electron chi connectivity index (χ1n) is 2.96. The third-order valence-electron chi connectivity index (χ3n) is 0.905. The summed E-state index contributed by atoms with van der Waals surface area (Å²) in [6.45, 7) is 2.95. The molecule has 0 heterocycles. The van der Waals surface area contributed by atoms with E-state index in [9.17, 15) is 0 Å². The standard InChI is InChI=1S/C7H13N/c1-3-4-5-6-7-8-2/h8H,5-7H2,1-2H3. The van der Waals surface area contributed by atoms with Crippen molar-refractivity contribution in [3.8, 4) is 11.8 Å². The van der Waals surface area contributed by atoms with Gasteiger partial charge in [-0.25, -0.2) is 0 Å². The number of hydrogen-bond acceptors (Lipinski definition) is 1. The van der Waals surface area contributed by atoms with Crippen molar-refractivity contribution in [3.63, 3.8) is 0 Å². The summed E-state index contributed by atoms with van der Waals surface area (Å²) in [7, 11) is 1.96. The minimum absolute atomic E-state index is 1.03. The van der Waals surface area contributed by atoms with Crippen molar-refractivity contribution >= 4 is 0 Å². The van der Waals surface area contributed by atoms with Gasteiger partial charge in [-0.1, -0.05) is 0 Å². The first kappa shape index (κ1) is 7.52. The van der Waals surface area contributed by atoms with Gasteiger partial charge in [0.25, 0.3) is 0 Å². The van der Waals surface area contributed by atoms with Crippen LogP contribution in [0.3, 0.4) is 0 Å². The molecule has 1 heteroatoms. The molecule has 0 atom stereocenters. The Balaban J connectivity index is 2.79. The molecule has 0 radical (unpaired) electrons. The second-order valence-corrected chi connectivity index (χ2v) is 1.63. The third kappa shape index (κ3) is 5.52. The zero-order chi connectivity index (χ0) is 6.24. The zero-order valence-electron chi connectivity index (χ0n) is 5.62. The molecule has 8 heavy (non-hydrogen) atoms. The van der Waals surface area contributed by atoms with Crippen molar-refractivity contribution in [1.82, 2.24) is 5.32 Å². The lowest BCUT2D eigenvalue weighted by atomic mass is 10.3. The first-order chi connectivity index (χ1) is 3.91. The molecule has 0 aromatic heterocycles. The lowest BCUT2D eigenvalue weighted by Crippen LogP contribution is -2.06. The van der Waals surface area contributed by atoms with Crippen LogP contribution in [0.15, 0.2) is 0 Å². The third-order valence-corrected chi connectivity index (χ3v) is 0.905. The van der Waals surface area contributed by atoms with Gasteiger partial charge >= 0.3 is 0 Å². The van der Waals surface area contributed by atoms with Crippen LogP contribution in [-0.2, 0) is 0 Å². The predicted molar refractivity (Wildman–Crippen MR) is 36.6 cm³/mol. The topological polar surface area (TPSA) is 12.0 Å². The molecule has 0 aliphatic rings. The summed E-state index contributed by atoms with van der Waals surface area (Å²) in [5, 5.41) is 3.06. The quantitative estimate of drug-likeness (QED) is 0.423. The van der Waals surface area contributed by atoms with E-state index in [2.05, 4.69) is 17.2 Å². The SMILES string of the molecule is CC#CCCCNC. The van der Waals surface area contributed by atoms with Crippen molar-refractivity contribution in [2.45, 2.75) is 19.8 Å². The van der Waals surface area contributed by atoms with Crippen molar-refractivity contribution in [2.75, 3.05) is 13.6 Å². The minimum Gasteiger partial charge on any atom is -0.320 e. The monoisotopic (exact) mass is 111 g/mol. The second-order valence-electron chi connectivity index (χ2n) is 1.63. The van der Waals surface area contributed by atoms with Crippen LogP contribution < -0.4 is 5.32 Å². The largest absolute Gasteiger partial charge is 0.320 e. The van der Waals surface area contributed by atoms with Gasteiger partial charge < -0.3 is 5.32 Å². The number of unbranched alkanes of at least 4 members (excludes halogenated alkanes) is 1. The fraction of sp³-hybridized carbons (Fsp3) is 0.714. The van der Waals surface area contributed by atoms with Crippen molar-refractivity contribution in [1.29, 1.82) is 0 Å². The maximum atomic E-state index is 3.06. The van der Waals surface area contributed by atoms with Gasteiger partial charge in [-0.3, -0.25) is 0 Å². The maximum absolute atomic E-state index is 3.06. The molecular weight excluding hydrogens is 98.1 g/mol. The van der Waals surface area contributed by atoms with E-state index in [-0.39, 0.29) is 0 Å². The molecule has 0 aromatic carbocycles. The van der Waals surface area contributed by atoms with Crippen LogP contribution in [0, 0.1) is 11.8 Å². The van der Waals surface area contributed by atoms with E-state index in [1.54, 1.807) is 0 Å². The van der Waals surface area contributed by atoms with Crippen LogP contribution in [0.5, 0.6) is 0 Å². The molecule has 0 saturated heterocycles.